The van der Waals surface area contributed by atoms with Crippen molar-refractivity contribution in [3.63, 3.8) is 0 Å². The molecule has 0 aliphatic rings. The molecule has 7 heteroatoms. The van der Waals surface area contributed by atoms with Crippen LogP contribution in [0.2, 0.25) is 0 Å². The number of non-ortho nitro benzene ring substituents is 1. The van der Waals surface area contributed by atoms with Gasteiger partial charge in [-0.25, -0.2) is 4.39 Å². The highest BCUT2D eigenvalue weighted by Crippen LogP contribution is 2.25. The minimum atomic E-state index is -0.501. The van der Waals surface area contributed by atoms with Crippen molar-refractivity contribution >= 4 is 21.6 Å². The quantitative estimate of drug-likeness (QED) is 0.657. The van der Waals surface area contributed by atoms with Crippen LogP contribution in [0.25, 0.3) is 0 Å². The third kappa shape index (κ3) is 3.99. The van der Waals surface area contributed by atoms with Crippen molar-refractivity contribution < 1.29 is 19.2 Å². The van der Waals surface area contributed by atoms with Crippen LogP contribution in [0.4, 0.5) is 10.1 Å². The Kier molecular flexibility index (Phi) is 4.87. The number of hydrogen-bond acceptors (Lipinski definition) is 4. The molecule has 2 rings (SSSR count). The standard InChI is InChI=1S/C14H11BrFNO4/c15-14-6-12(17(19)20)2-1-10(14)8-21-13-4-9(7-18)3-11(16)5-13/h1-6,18H,7-8H2. The molecule has 2 aromatic rings. The van der Waals surface area contributed by atoms with E-state index in [9.17, 15) is 14.5 Å². The molecular weight excluding hydrogens is 345 g/mol. The van der Waals surface area contributed by atoms with Gasteiger partial charge < -0.3 is 9.84 Å². The number of aliphatic hydroxyl groups excluding tert-OH is 1. The van der Waals surface area contributed by atoms with Gasteiger partial charge in [0.15, 0.2) is 0 Å². The first-order chi connectivity index (χ1) is 9.99. The molecule has 0 unspecified atom stereocenters. The van der Waals surface area contributed by atoms with Crippen LogP contribution in [-0.4, -0.2) is 10.0 Å². The smallest absolute Gasteiger partial charge is 0.270 e. The van der Waals surface area contributed by atoms with Crippen LogP contribution >= 0.6 is 15.9 Å². The van der Waals surface area contributed by atoms with E-state index in [4.69, 9.17) is 9.84 Å². The lowest BCUT2D eigenvalue weighted by molar-refractivity contribution is -0.384. The van der Waals surface area contributed by atoms with Crippen LogP contribution < -0.4 is 4.74 Å². The Bertz CT molecular complexity index is 678. The zero-order valence-corrected chi connectivity index (χ0v) is 12.3. The molecule has 0 aliphatic carbocycles. The van der Waals surface area contributed by atoms with E-state index in [1.165, 1.54) is 30.3 Å². The van der Waals surface area contributed by atoms with Gasteiger partial charge in [0.1, 0.15) is 18.2 Å². The molecule has 1 N–H and O–H groups in total. The highest BCUT2D eigenvalue weighted by molar-refractivity contribution is 9.10. The molecule has 0 heterocycles. The fourth-order valence-corrected chi connectivity index (χ4v) is 2.20. The molecule has 0 aromatic heterocycles. The Morgan fingerprint density at radius 3 is 2.67 bits per heavy atom. The molecular formula is C14H11BrFNO4. The second kappa shape index (κ2) is 6.64. The van der Waals surface area contributed by atoms with Gasteiger partial charge >= 0.3 is 0 Å². The normalized spacial score (nSPS) is 10.4. The maximum Gasteiger partial charge on any atom is 0.270 e. The van der Waals surface area contributed by atoms with Crippen LogP contribution in [0.1, 0.15) is 11.1 Å². The minimum absolute atomic E-state index is 0.0288. The van der Waals surface area contributed by atoms with E-state index in [0.717, 1.165) is 0 Å². The molecule has 0 atom stereocenters. The summed E-state index contributed by atoms with van der Waals surface area (Å²) < 4.78 is 19.3. The summed E-state index contributed by atoms with van der Waals surface area (Å²) in [6.45, 7) is -0.164. The summed E-state index contributed by atoms with van der Waals surface area (Å²) in [4.78, 5) is 10.1. The Balaban J connectivity index is 2.13. The van der Waals surface area contributed by atoms with Gasteiger partial charge in [-0.15, -0.1) is 0 Å². The molecule has 5 nitrogen and oxygen atoms in total. The van der Waals surface area contributed by atoms with Crippen LogP contribution in [0.15, 0.2) is 40.9 Å². The second-order valence-corrected chi connectivity index (χ2v) is 5.13. The number of nitro benzene ring substituents is 1. The van der Waals surface area contributed by atoms with Crippen molar-refractivity contribution in [2.75, 3.05) is 0 Å². The topological polar surface area (TPSA) is 72.6 Å². The predicted octanol–water partition coefficient (Wildman–Crippen LogP) is 3.57. The van der Waals surface area contributed by atoms with Crippen molar-refractivity contribution in [1.82, 2.24) is 0 Å². The molecule has 0 saturated heterocycles. The van der Waals surface area contributed by atoms with Gasteiger partial charge in [0.25, 0.3) is 5.69 Å². The number of benzene rings is 2. The predicted molar refractivity (Wildman–Crippen MR) is 77.5 cm³/mol. The van der Waals surface area contributed by atoms with Crippen molar-refractivity contribution in [3.05, 3.63) is 67.9 Å². The van der Waals surface area contributed by atoms with Gasteiger partial charge in [-0.05, 0) is 23.8 Å². The number of nitro groups is 1. The van der Waals surface area contributed by atoms with E-state index >= 15 is 0 Å². The molecule has 0 radical (unpaired) electrons. The molecule has 110 valence electrons. The largest absolute Gasteiger partial charge is 0.489 e. The van der Waals surface area contributed by atoms with Gasteiger partial charge in [-0.1, -0.05) is 15.9 Å². The first-order valence-corrected chi connectivity index (χ1v) is 6.75. The average Bonchev–Trinajstić information content (AvgIpc) is 2.45. The van der Waals surface area contributed by atoms with Gasteiger partial charge in [-0.2, -0.15) is 0 Å². The van der Waals surface area contributed by atoms with Crippen molar-refractivity contribution in [2.45, 2.75) is 13.2 Å². The number of halogens is 2. The zero-order valence-electron chi connectivity index (χ0n) is 10.8. The van der Waals surface area contributed by atoms with Crippen molar-refractivity contribution in [2.24, 2.45) is 0 Å². The lowest BCUT2D eigenvalue weighted by Gasteiger charge is -2.09. The van der Waals surface area contributed by atoms with Crippen LogP contribution in [0.5, 0.6) is 5.75 Å². The van der Waals surface area contributed by atoms with E-state index in [1.54, 1.807) is 6.07 Å². The molecule has 0 amide bonds. The molecule has 0 bridgehead atoms. The monoisotopic (exact) mass is 355 g/mol. The maximum atomic E-state index is 13.3. The van der Waals surface area contributed by atoms with E-state index in [2.05, 4.69) is 15.9 Å². The minimum Gasteiger partial charge on any atom is -0.489 e. The van der Waals surface area contributed by atoms with Gasteiger partial charge in [0.05, 0.1) is 11.5 Å². The lowest BCUT2D eigenvalue weighted by atomic mass is 10.2. The fraction of sp³-hybridized carbons (Fsp3) is 0.143. The Morgan fingerprint density at radius 1 is 1.29 bits per heavy atom. The third-order valence-electron chi connectivity index (χ3n) is 2.76. The zero-order chi connectivity index (χ0) is 15.4. The molecule has 0 fully saturated rings. The number of aliphatic hydroxyl groups is 1. The molecule has 2 aromatic carbocycles. The number of rotatable bonds is 5. The second-order valence-electron chi connectivity index (χ2n) is 4.27. The highest BCUT2D eigenvalue weighted by atomic mass is 79.9. The van der Waals surface area contributed by atoms with Gasteiger partial charge in [0.2, 0.25) is 0 Å². The summed E-state index contributed by atoms with van der Waals surface area (Å²) in [5.41, 5.74) is 1.07. The van der Waals surface area contributed by atoms with E-state index in [-0.39, 0.29) is 24.7 Å². The fourth-order valence-electron chi connectivity index (χ4n) is 1.72. The molecule has 0 spiro atoms. The molecule has 0 aliphatic heterocycles. The lowest BCUT2D eigenvalue weighted by Crippen LogP contribution is -1.99. The summed E-state index contributed by atoms with van der Waals surface area (Å²) in [5.74, 6) is -0.219. The number of ether oxygens (including phenoxy) is 1. The molecule has 21 heavy (non-hydrogen) atoms. The van der Waals surface area contributed by atoms with Gasteiger partial charge in [0, 0.05) is 28.2 Å². The third-order valence-corrected chi connectivity index (χ3v) is 3.49. The first-order valence-electron chi connectivity index (χ1n) is 5.95. The van der Waals surface area contributed by atoms with Crippen LogP contribution in [0, 0.1) is 15.9 Å². The summed E-state index contributed by atoms with van der Waals surface area (Å²) in [7, 11) is 0. The van der Waals surface area contributed by atoms with E-state index in [0.29, 0.717) is 15.6 Å². The van der Waals surface area contributed by atoms with Gasteiger partial charge in [-0.3, -0.25) is 10.1 Å². The Labute approximate surface area is 128 Å². The summed E-state index contributed by atoms with van der Waals surface area (Å²) >= 11 is 3.23. The number of hydrogen-bond donors (Lipinski definition) is 1. The Morgan fingerprint density at radius 2 is 2.05 bits per heavy atom. The molecule has 0 saturated carbocycles. The van der Waals surface area contributed by atoms with Crippen molar-refractivity contribution in [3.8, 4) is 5.75 Å². The first kappa shape index (κ1) is 15.4. The van der Waals surface area contributed by atoms with Crippen molar-refractivity contribution in [1.29, 1.82) is 0 Å². The van der Waals surface area contributed by atoms with Crippen LogP contribution in [0.3, 0.4) is 0 Å². The summed E-state index contributed by atoms with van der Waals surface area (Å²) in [6, 6.07) is 8.27. The number of nitrogens with zero attached hydrogens (tertiary/aromatic N) is 1. The van der Waals surface area contributed by atoms with E-state index in [1.807, 2.05) is 0 Å². The highest BCUT2D eigenvalue weighted by Gasteiger charge is 2.10. The average molecular weight is 356 g/mol. The maximum absolute atomic E-state index is 13.3. The SMILES string of the molecule is O=[N+]([O-])c1ccc(COc2cc(F)cc(CO)c2)c(Br)c1. The van der Waals surface area contributed by atoms with Crippen LogP contribution in [-0.2, 0) is 13.2 Å². The van der Waals surface area contributed by atoms with E-state index < -0.39 is 10.7 Å². The Hall–Kier alpha value is -1.99. The summed E-state index contributed by atoms with van der Waals surface area (Å²) in [5, 5.41) is 19.6. The summed E-state index contributed by atoms with van der Waals surface area (Å²) in [6.07, 6.45) is 0.